The largest absolute Gasteiger partial charge is 0.490 e. The topological polar surface area (TPSA) is 33.7 Å². The number of rotatable bonds is 4. The molecule has 0 aromatic heterocycles. The first-order valence-electron chi connectivity index (χ1n) is 8.24. The van der Waals surface area contributed by atoms with Crippen molar-refractivity contribution in [2.24, 2.45) is 0 Å². The lowest BCUT2D eigenvalue weighted by Crippen LogP contribution is -2.32. The van der Waals surface area contributed by atoms with E-state index in [2.05, 4.69) is 22.3 Å². The summed E-state index contributed by atoms with van der Waals surface area (Å²) in [5.41, 5.74) is 1.28. The third kappa shape index (κ3) is 3.16. The molecule has 4 nitrogen and oxygen atoms in total. The fraction of sp³-hybridized carbons (Fsp3) is 0.647. The Morgan fingerprint density at radius 2 is 1.95 bits per heavy atom. The SMILES string of the molecule is c1cc2c(cc1CNC1CCN(C3CC3)C1)OCCCO2. The number of nitrogens with zero attached hydrogens (tertiary/aromatic N) is 1. The van der Waals surface area contributed by atoms with Crippen LogP contribution in [0.15, 0.2) is 18.2 Å². The van der Waals surface area contributed by atoms with Crippen LogP contribution in [0.25, 0.3) is 0 Å². The van der Waals surface area contributed by atoms with E-state index in [0.717, 1.165) is 43.7 Å². The van der Waals surface area contributed by atoms with Gasteiger partial charge in [-0.1, -0.05) is 6.07 Å². The minimum atomic E-state index is 0.640. The number of ether oxygens (including phenoxy) is 2. The highest BCUT2D eigenvalue weighted by atomic mass is 16.5. The number of benzene rings is 1. The average molecular weight is 288 g/mol. The van der Waals surface area contributed by atoms with Gasteiger partial charge in [0.1, 0.15) is 0 Å². The predicted octanol–water partition coefficient (Wildman–Crippen LogP) is 2.17. The Bertz CT molecular complexity index is 502. The summed E-state index contributed by atoms with van der Waals surface area (Å²) in [6.07, 6.45) is 5.06. The summed E-state index contributed by atoms with van der Waals surface area (Å²) in [6, 6.07) is 7.86. The van der Waals surface area contributed by atoms with Crippen molar-refractivity contribution in [3.63, 3.8) is 0 Å². The standard InChI is InChI=1S/C17H24N2O2/c1-8-20-16-5-2-13(10-17(16)21-9-1)11-18-14-6-7-19(12-14)15-3-4-15/h2,5,10,14-15,18H,1,3-4,6-9,11-12H2. The lowest BCUT2D eigenvalue weighted by molar-refractivity contribution is 0.297. The maximum atomic E-state index is 5.76. The van der Waals surface area contributed by atoms with Gasteiger partial charge in [0.2, 0.25) is 0 Å². The van der Waals surface area contributed by atoms with Crippen LogP contribution >= 0.6 is 0 Å². The minimum absolute atomic E-state index is 0.640. The molecule has 1 saturated heterocycles. The van der Waals surface area contributed by atoms with Gasteiger partial charge in [-0.05, 0) is 37.0 Å². The lowest BCUT2D eigenvalue weighted by atomic mass is 10.1. The fourth-order valence-corrected chi connectivity index (χ4v) is 3.31. The van der Waals surface area contributed by atoms with Crippen LogP contribution in [-0.4, -0.2) is 43.3 Å². The van der Waals surface area contributed by atoms with Crippen molar-refractivity contribution in [1.82, 2.24) is 10.2 Å². The molecular formula is C17H24N2O2. The summed E-state index contributed by atoms with van der Waals surface area (Å²) < 4.78 is 11.4. The van der Waals surface area contributed by atoms with Gasteiger partial charge in [-0.15, -0.1) is 0 Å². The Labute approximate surface area is 126 Å². The molecule has 0 spiro atoms. The first-order chi connectivity index (χ1) is 10.4. The van der Waals surface area contributed by atoms with Gasteiger partial charge in [-0.25, -0.2) is 0 Å². The van der Waals surface area contributed by atoms with Crippen molar-refractivity contribution in [1.29, 1.82) is 0 Å². The normalized spacial score (nSPS) is 25.8. The van der Waals surface area contributed by atoms with E-state index in [1.165, 1.54) is 37.9 Å². The van der Waals surface area contributed by atoms with Crippen LogP contribution in [0.3, 0.4) is 0 Å². The van der Waals surface area contributed by atoms with Crippen molar-refractivity contribution in [2.75, 3.05) is 26.3 Å². The molecule has 4 rings (SSSR count). The van der Waals surface area contributed by atoms with E-state index in [-0.39, 0.29) is 0 Å². The number of fused-ring (bicyclic) bond motifs is 1. The molecule has 1 saturated carbocycles. The monoisotopic (exact) mass is 288 g/mol. The van der Waals surface area contributed by atoms with Crippen molar-refractivity contribution in [3.05, 3.63) is 23.8 Å². The van der Waals surface area contributed by atoms with Crippen LogP contribution in [0.4, 0.5) is 0 Å². The van der Waals surface area contributed by atoms with Crippen molar-refractivity contribution in [2.45, 2.75) is 44.3 Å². The van der Waals surface area contributed by atoms with E-state index in [1.807, 2.05) is 6.07 Å². The molecule has 1 aromatic rings. The maximum absolute atomic E-state index is 5.76. The van der Waals surface area contributed by atoms with Gasteiger partial charge >= 0.3 is 0 Å². The molecule has 4 heteroatoms. The van der Waals surface area contributed by atoms with Crippen LogP contribution in [-0.2, 0) is 6.54 Å². The van der Waals surface area contributed by atoms with E-state index in [0.29, 0.717) is 6.04 Å². The highest BCUT2D eigenvalue weighted by molar-refractivity contribution is 5.43. The second kappa shape index (κ2) is 5.85. The van der Waals surface area contributed by atoms with Gasteiger partial charge in [-0.2, -0.15) is 0 Å². The summed E-state index contributed by atoms with van der Waals surface area (Å²) >= 11 is 0. The molecule has 21 heavy (non-hydrogen) atoms. The molecule has 2 fully saturated rings. The molecule has 1 N–H and O–H groups in total. The fourth-order valence-electron chi connectivity index (χ4n) is 3.31. The number of hydrogen-bond donors (Lipinski definition) is 1. The Morgan fingerprint density at radius 3 is 2.81 bits per heavy atom. The van der Waals surface area contributed by atoms with E-state index in [4.69, 9.17) is 9.47 Å². The lowest BCUT2D eigenvalue weighted by Gasteiger charge is -2.16. The molecule has 2 heterocycles. The van der Waals surface area contributed by atoms with Crippen LogP contribution < -0.4 is 14.8 Å². The summed E-state index contributed by atoms with van der Waals surface area (Å²) in [5, 5.41) is 3.69. The smallest absolute Gasteiger partial charge is 0.161 e. The molecule has 0 bridgehead atoms. The highest BCUT2D eigenvalue weighted by Gasteiger charge is 2.34. The molecule has 1 aliphatic carbocycles. The van der Waals surface area contributed by atoms with Crippen LogP contribution in [0.5, 0.6) is 11.5 Å². The third-order valence-electron chi connectivity index (χ3n) is 4.69. The predicted molar refractivity (Wildman–Crippen MR) is 81.9 cm³/mol. The van der Waals surface area contributed by atoms with Gasteiger partial charge < -0.3 is 14.8 Å². The van der Waals surface area contributed by atoms with E-state index in [1.54, 1.807) is 0 Å². The number of hydrogen-bond acceptors (Lipinski definition) is 4. The molecule has 2 aliphatic heterocycles. The van der Waals surface area contributed by atoms with E-state index >= 15 is 0 Å². The molecule has 3 aliphatic rings. The van der Waals surface area contributed by atoms with Crippen LogP contribution in [0.2, 0.25) is 0 Å². The zero-order valence-corrected chi connectivity index (χ0v) is 12.5. The van der Waals surface area contributed by atoms with E-state index in [9.17, 15) is 0 Å². The second-order valence-corrected chi connectivity index (χ2v) is 6.42. The van der Waals surface area contributed by atoms with Gasteiger partial charge in [0, 0.05) is 38.1 Å². The molecular weight excluding hydrogens is 264 g/mol. The summed E-state index contributed by atoms with van der Waals surface area (Å²) in [4.78, 5) is 2.64. The first-order valence-corrected chi connectivity index (χ1v) is 8.24. The number of likely N-dealkylation sites (tertiary alicyclic amines) is 1. The molecule has 114 valence electrons. The van der Waals surface area contributed by atoms with Crippen molar-refractivity contribution in [3.8, 4) is 11.5 Å². The molecule has 0 amide bonds. The van der Waals surface area contributed by atoms with Crippen LogP contribution in [0.1, 0.15) is 31.2 Å². The second-order valence-electron chi connectivity index (χ2n) is 6.42. The summed E-state index contributed by atoms with van der Waals surface area (Å²) in [6.45, 7) is 4.91. The quantitative estimate of drug-likeness (QED) is 0.921. The molecule has 1 aromatic carbocycles. The Morgan fingerprint density at radius 1 is 1.10 bits per heavy atom. The number of nitrogens with one attached hydrogen (secondary N) is 1. The maximum Gasteiger partial charge on any atom is 0.161 e. The molecule has 1 atom stereocenters. The zero-order valence-electron chi connectivity index (χ0n) is 12.5. The van der Waals surface area contributed by atoms with Gasteiger partial charge in [0.15, 0.2) is 11.5 Å². The molecule has 0 radical (unpaired) electrons. The Kier molecular flexibility index (Phi) is 3.74. The molecule has 1 unspecified atom stereocenters. The van der Waals surface area contributed by atoms with E-state index < -0.39 is 0 Å². The minimum Gasteiger partial charge on any atom is -0.490 e. The Balaban J connectivity index is 1.33. The summed E-state index contributed by atoms with van der Waals surface area (Å²) in [5.74, 6) is 1.79. The van der Waals surface area contributed by atoms with Gasteiger partial charge in [-0.3, -0.25) is 4.90 Å². The Hall–Kier alpha value is -1.26. The zero-order chi connectivity index (χ0) is 14.1. The van der Waals surface area contributed by atoms with Crippen molar-refractivity contribution < 1.29 is 9.47 Å². The van der Waals surface area contributed by atoms with Gasteiger partial charge in [0.05, 0.1) is 13.2 Å². The third-order valence-corrected chi connectivity index (χ3v) is 4.69. The average Bonchev–Trinajstić information content (AvgIpc) is 3.29. The summed E-state index contributed by atoms with van der Waals surface area (Å²) in [7, 11) is 0. The van der Waals surface area contributed by atoms with Crippen molar-refractivity contribution >= 4 is 0 Å². The highest BCUT2D eigenvalue weighted by Crippen LogP contribution is 2.31. The first kappa shape index (κ1) is 13.4. The van der Waals surface area contributed by atoms with Gasteiger partial charge in [0.25, 0.3) is 0 Å². The van der Waals surface area contributed by atoms with Crippen LogP contribution in [0, 0.1) is 0 Å².